The molecule has 2 aromatic carbocycles. The van der Waals surface area contributed by atoms with Crippen molar-refractivity contribution in [2.75, 3.05) is 20.2 Å². The van der Waals surface area contributed by atoms with Gasteiger partial charge in [-0.25, -0.2) is 0 Å². The minimum absolute atomic E-state index is 0.0695. The van der Waals surface area contributed by atoms with Crippen molar-refractivity contribution < 1.29 is 14.5 Å². The van der Waals surface area contributed by atoms with Gasteiger partial charge in [0.1, 0.15) is 5.75 Å². The fourth-order valence-corrected chi connectivity index (χ4v) is 5.75. The average molecular weight is 431 g/mol. The van der Waals surface area contributed by atoms with Crippen molar-refractivity contribution in [1.29, 1.82) is 0 Å². The number of carbonyl (C=O) groups is 1. The van der Waals surface area contributed by atoms with Gasteiger partial charge in [0.25, 0.3) is 5.69 Å². The molecule has 1 N–H and O–H groups in total. The molecule has 32 heavy (non-hydrogen) atoms. The summed E-state index contributed by atoms with van der Waals surface area (Å²) in [4.78, 5) is 29.2. The fraction of sp³-hybridized carbons (Fsp3) is 0.320. The van der Waals surface area contributed by atoms with E-state index in [1.807, 2.05) is 23.1 Å². The van der Waals surface area contributed by atoms with Crippen LogP contribution in [-0.2, 0) is 23.1 Å². The number of hydrogen-bond donors (Lipinski definition) is 1. The number of rotatable bonds is 4. The monoisotopic (exact) mass is 431 g/mol. The zero-order chi connectivity index (χ0) is 22.5. The molecule has 1 aromatic heterocycles. The number of aromatic amines is 1. The highest BCUT2D eigenvalue weighted by atomic mass is 16.6. The Hall–Kier alpha value is -3.61. The highest BCUT2D eigenvalue weighted by Gasteiger charge is 2.49. The molecule has 5 rings (SSSR count). The van der Waals surface area contributed by atoms with Gasteiger partial charge in [0.2, 0.25) is 5.91 Å². The summed E-state index contributed by atoms with van der Waals surface area (Å²) in [6.45, 7) is 4.89. The number of nitro benzene ring substituents is 1. The Balaban J connectivity index is 1.67. The van der Waals surface area contributed by atoms with E-state index < -0.39 is 0 Å². The molecule has 1 aliphatic heterocycles. The number of piperidine rings is 1. The van der Waals surface area contributed by atoms with Crippen LogP contribution in [0, 0.1) is 16.0 Å². The normalized spacial score (nSPS) is 22.2. The third kappa shape index (κ3) is 2.99. The fourth-order valence-electron chi connectivity index (χ4n) is 5.75. The van der Waals surface area contributed by atoms with Crippen molar-refractivity contribution in [2.45, 2.75) is 24.7 Å². The van der Waals surface area contributed by atoms with E-state index in [1.165, 1.54) is 11.6 Å². The van der Waals surface area contributed by atoms with Crippen molar-refractivity contribution in [2.24, 2.45) is 5.92 Å². The van der Waals surface area contributed by atoms with E-state index in [1.54, 1.807) is 19.2 Å². The molecule has 2 heterocycles. The predicted octanol–water partition coefficient (Wildman–Crippen LogP) is 4.16. The van der Waals surface area contributed by atoms with Crippen molar-refractivity contribution in [1.82, 2.24) is 9.88 Å². The molecule has 0 bridgehead atoms. The van der Waals surface area contributed by atoms with Gasteiger partial charge >= 0.3 is 0 Å². The smallest absolute Gasteiger partial charge is 0.279 e. The van der Waals surface area contributed by atoms with Crippen LogP contribution >= 0.6 is 0 Å². The Morgan fingerprint density at radius 1 is 1.34 bits per heavy atom. The number of nitrogens with one attached hydrogen (secondary N) is 1. The summed E-state index contributed by atoms with van der Waals surface area (Å²) in [5.74, 6) is 0.858. The van der Waals surface area contributed by atoms with Crippen LogP contribution in [0.4, 0.5) is 5.69 Å². The lowest BCUT2D eigenvalue weighted by Crippen LogP contribution is -2.54. The first-order valence-corrected chi connectivity index (χ1v) is 10.8. The topological polar surface area (TPSA) is 88.5 Å². The number of hydrogen-bond acceptors (Lipinski definition) is 4. The summed E-state index contributed by atoms with van der Waals surface area (Å²) in [5, 5.41) is 12.4. The van der Waals surface area contributed by atoms with E-state index in [9.17, 15) is 14.9 Å². The maximum atomic E-state index is 12.4. The maximum absolute atomic E-state index is 12.4. The summed E-state index contributed by atoms with van der Waals surface area (Å²) < 4.78 is 5.50. The highest BCUT2D eigenvalue weighted by molar-refractivity contribution is 5.93. The van der Waals surface area contributed by atoms with Crippen molar-refractivity contribution in [3.05, 3.63) is 82.1 Å². The molecular formula is C25H25N3O4. The summed E-state index contributed by atoms with van der Waals surface area (Å²) in [5.41, 5.74) is 3.98. The van der Waals surface area contributed by atoms with Crippen molar-refractivity contribution >= 4 is 22.5 Å². The summed E-state index contributed by atoms with van der Waals surface area (Å²) in [6.07, 6.45) is 3.57. The molecule has 7 heteroatoms. The van der Waals surface area contributed by atoms with Crippen LogP contribution in [0.1, 0.15) is 23.2 Å². The third-order valence-corrected chi connectivity index (χ3v) is 7.31. The molecule has 164 valence electrons. The molecule has 1 fully saturated rings. The van der Waals surface area contributed by atoms with E-state index in [2.05, 4.69) is 23.7 Å². The molecule has 1 saturated heterocycles. The molecule has 1 amide bonds. The van der Waals surface area contributed by atoms with E-state index in [0.29, 0.717) is 24.9 Å². The van der Waals surface area contributed by atoms with E-state index in [0.717, 1.165) is 35.4 Å². The number of amides is 1. The van der Waals surface area contributed by atoms with Gasteiger partial charge in [0.05, 0.1) is 22.9 Å². The molecule has 0 radical (unpaired) electrons. The first kappa shape index (κ1) is 20.3. The van der Waals surface area contributed by atoms with E-state index >= 15 is 0 Å². The highest BCUT2D eigenvalue weighted by Crippen LogP contribution is 2.50. The first-order chi connectivity index (χ1) is 15.5. The second-order valence-corrected chi connectivity index (χ2v) is 8.74. The standard InChI is InChI=1S/C25H25N3O4/c1-3-23(29)27-11-10-25(16-6-4-7-18(12-16)32-2)14-21-19(13-17(25)15-27)24-20(26-21)8-5-9-22(24)28(30)31/h3-9,12,17,26H,1,10-11,13-15H2,2H3. The van der Waals surface area contributed by atoms with Crippen molar-refractivity contribution in [3.8, 4) is 5.75 Å². The van der Waals surface area contributed by atoms with Gasteiger partial charge in [-0.1, -0.05) is 24.8 Å². The number of methoxy groups -OCH3 is 1. The first-order valence-electron chi connectivity index (χ1n) is 10.8. The van der Waals surface area contributed by atoms with Crippen LogP contribution in [0.25, 0.3) is 10.9 Å². The van der Waals surface area contributed by atoms with Crippen LogP contribution < -0.4 is 4.74 Å². The number of benzene rings is 2. The van der Waals surface area contributed by atoms with E-state index in [4.69, 9.17) is 4.74 Å². The second-order valence-electron chi connectivity index (χ2n) is 8.74. The lowest BCUT2D eigenvalue weighted by Gasteiger charge is -2.50. The minimum atomic E-state index is -0.311. The molecule has 7 nitrogen and oxygen atoms in total. The molecule has 0 spiro atoms. The maximum Gasteiger partial charge on any atom is 0.279 e. The van der Waals surface area contributed by atoms with Gasteiger partial charge in [-0.2, -0.15) is 0 Å². The van der Waals surface area contributed by atoms with E-state index in [-0.39, 0.29) is 27.9 Å². The Morgan fingerprint density at radius 3 is 2.91 bits per heavy atom. The average Bonchev–Trinajstić information content (AvgIpc) is 3.18. The Bertz CT molecular complexity index is 1250. The molecule has 2 atom stereocenters. The summed E-state index contributed by atoms with van der Waals surface area (Å²) in [7, 11) is 1.66. The van der Waals surface area contributed by atoms with Crippen LogP contribution in [0.2, 0.25) is 0 Å². The third-order valence-electron chi connectivity index (χ3n) is 7.31. The van der Waals surface area contributed by atoms with Crippen LogP contribution in [-0.4, -0.2) is 40.9 Å². The van der Waals surface area contributed by atoms with Gasteiger partial charge in [-0.05, 0) is 60.6 Å². The number of nitro groups is 1. The number of nitrogens with zero attached hydrogens (tertiary/aromatic N) is 2. The second kappa shape index (κ2) is 7.51. The van der Waals surface area contributed by atoms with Gasteiger partial charge in [0, 0.05) is 30.3 Å². The van der Waals surface area contributed by atoms with Gasteiger partial charge in [-0.15, -0.1) is 0 Å². The minimum Gasteiger partial charge on any atom is -0.497 e. The van der Waals surface area contributed by atoms with Gasteiger partial charge in [0.15, 0.2) is 0 Å². The Kier molecular flexibility index (Phi) is 4.77. The number of H-pyrrole nitrogens is 1. The number of aromatic nitrogens is 1. The molecule has 0 saturated carbocycles. The molecular weight excluding hydrogens is 406 g/mol. The molecule has 3 aromatic rings. The molecule has 2 aliphatic rings. The van der Waals surface area contributed by atoms with Crippen LogP contribution in [0.15, 0.2) is 55.1 Å². The number of carbonyl (C=O) groups excluding carboxylic acids is 1. The van der Waals surface area contributed by atoms with Crippen molar-refractivity contribution in [3.63, 3.8) is 0 Å². The predicted molar refractivity (Wildman–Crippen MR) is 122 cm³/mol. The number of fused-ring (bicyclic) bond motifs is 4. The Morgan fingerprint density at radius 2 is 2.16 bits per heavy atom. The Labute approximate surface area is 185 Å². The molecule has 1 aliphatic carbocycles. The number of likely N-dealkylation sites (tertiary alicyclic amines) is 1. The lowest BCUT2D eigenvalue weighted by molar-refractivity contribution is -0.383. The zero-order valence-corrected chi connectivity index (χ0v) is 18.0. The summed E-state index contributed by atoms with van der Waals surface area (Å²) in [6, 6.07) is 13.4. The van der Waals surface area contributed by atoms with Gasteiger partial charge < -0.3 is 14.6 Å². The number of ether oxygens (including phenoxy) is 1. The molecule has 2 unspecified atom stereocenters. The largest absolute Gasteiger partial charge is 0.497 e. The zero-order valence-electron chi connectivity index (χ0n) is 18.0. The SMILES string of the molecule is C=CC(=O)N1CCC2(c3cccc(OC)c3)Cc3[nH]c4cccc([N+](=O)[O-])c4c3CC2C1. The van der Waals surface area contributed by atoms with Crippen LogP contribution in [0.5, 0.6) is 5.75 Å². The number of non-ortho nitro benzene ring substituents is 1. The van der Waals surface area contributed by atoms with Gasteiger partial charge in [-0.3, -0.25) is 14.9 Å². The van der Waals surface area contributed by atoms with Crippen LogP contribution in [0.3, 0.4) is 0 Å². The lowest BCUT2D eigenvalue weighted by atomic mass is 9.58. The summed E-state index contributed by atoms with van der Waals surface area (Å²) >= 11 is 0. The quantitative estimate of drug-likeness (QED) is 0.382.